The van der Waals surface area contributed by atoms with E-state index in [0.717, 1.165) is 111 Å². The number of carbonyl (C=O) groups is 6. The van der Waals surface area contributed by atoms with Crippen LogP contribution in [0.5, 0.6) is 0 Å². The Morgan fingerprint density at radius 3 is 0.587 bits per heavy atom. The number of amides is 5. The molecule has 19 N–H and O–H groups in total. The number of nitrogens with one attached hydrogen (secondary N) is 19. The van der Waals surface area contributed by atoms with Gasteiger partial charge in [-0.3, -0.25) is 44.7 Å². The number of rotatable bonds is 64. The molecule has 0 aromatic rings. The fourth-order valence-corrected chi connectivity index (χ4v) is 9.77. The molecule has 0 heterocycles. The van der Waals surface area contributed by atoms with Crippen LogP contribution in [0, 0.1) is 5.41 Å². The van der Waals surface area contributed by atoms with Gasteiger partial charge in [-0.05, 0) is 295 Å². The van der Waals surface area contributed by atoms with Crippen molar-refractivity contribution in [3.05, 3.63) is 0 Å². The van der Waals surface area contributed by atoms with Crippen LogP contribution >= 0.6 is 0 Å². The van der Waals surface area contributed by atoms with Crippen molar-refractivity contribution >= 4 is 35.3 Å². The Kier molecular flexibility index (Phi) is 87.5. The van der Waals surface area contributed by atoms with Gasteiger partial charge in [-0.2, -0.15) is 0 Å². The molecule has 0 aliphatic heterocycles. The van der Waals surface area contributed by atoms with E-state index in [4.69, 9.17) is 47.4 Å². The Morgan fingerprint density at radius 2 is 0.362 bits per heavy atom. The zero-order valence-electron chi connectivity index (χ0n) is 97.0. The molecule has 830 valence electrons. The predicted molar refractivity (Wildman–Crippen MR) is 575 cm³/mol. The maximum Gasteiger partial charge on any atom is 0.246 e. The van der Waals surface area contributed by atoms with Crippen LogP contribution in [0.1, 0.15) is 316 Å². The van der Waals surface area contributed by atoms with Crippen molar-refractivity contribution in [2.75, 3.05) is 244 Å². The third-order valence-corrected chi connectivity index (χ3v) is 16.7. The molecule has 0 radical (unpaired) electrons. The molecule has 0 unspecified atom stereocenters. The molecule has 0 bridgehead atoms. The van der Waals surface area contributed by atoms with E-state index in [9.17, 15) is 28.8 Å². The van der Waals surface area contributed by atoms with Crippen LogP contribution in [0.15, 0.2) is 0 Å². The number of hydrogen-bond acceptors (Lipinski definition) is 30. The molecule has 35 heteroatoms. The van der Waals surface area contributed by atoms with Gasteiger partial charge in [-0.15, -0.1) is 0 Å². The summed E-state index contributed by atoms with van der Waals surface area (Å²) in [5, 5.41) is 59.8. The van der Waals surface area contributed by atoms with Crippen molar-refractivity contribution in [3.8, 4) is 0 Å². The largest absolute Gasteiger partial charge is 0.381 e. The zero-order chi connectivity index (χ0) is 108. The SMILES string of the molecule is CC(C)(C)CCCOCCCC(=O)CNC(C)(C)C.CC(C)(C)NCCOCC(=O)NCCOCC(=O)NCNC(C)(C)C.CC(C)(C)NCCOCC(=O)NCNC(C)(C)C.CC(C)(C)NCCOCCNC(=O)COCCNC(C)(C)C.CC(C)(C)NCCOCCNC(=O)COCCNC(C)(C)C.CC(C)(C)NCCOCCNC(C)(C)C.CC(C)(C)NCCOCCNCNC(C)(C)C. The Balaban J connectivity index is -0.000000292. The fraction of sp³-hybridized carbons (Fsp3) is 0.942. The molecule has 0 saturated heterocycles. The van der Waals surface area contributed by atoms with Gasteiger partial charge in [0.15, 0.2) is 0 Å². The van der Waals surface area contributed by atoms with Gasteiger partial charge in [-0.1, -0.05) is 20.8 Å². The van der Waals surface area contributed by atoms with Crippen molar-refractivity contribution in [1.29, 1.82) is 0 Å². The van der Waals surface area contributed by atoms with Crippen LogP contribution in [-0.2, 0) is 76.1 Å². The summed E-state index contributed by atoms with van der Waals surface area (Å²) in [6, 6.07) is 0. The molecule has 0 saturated carbocycles. The van der Waals surface area contributed by atoms with E-state index in [1.165, 1.54) is 6.42 Å². The number of carbonyl (C=O) groups excluding carboxylic acids is 6. The van der Waals surface area contributed by atoms with Crippen LogP contribution in [0.2, 0.25) is 0 Å². The summed E-state index contributed by atoms with van der Waals surface area (Å²) in [5.41, 5.74) is 1.57. The molecule has 138 heavy (non-hydrogen) atoms. The average molecular weight is 1990 g/mol. The highest BCUT2D eigenvalue weighted by atomic mass is 16.5. The summed E-state index contributed by atoms with van der Waals surface area (Å²) >= 11 is 0. The highest BCUT2D eigenvalue weighted by Crippen LogP contribution is 2.20. The van der Waals surface area contributed by atoms with E-state index < -0.39 is 0 Å². The average Bonchev–Trinajstić information content (AvgIpc) is 0.997. The standard InChI is InChI=1S/C17H36N4O4.2C16H35N3O3.C16H33NO2.C13H29N3O2.C13H31N3O.C12H28N2O/c1-16(2,3)20-8-10-25-11-14(22)18-7-9-24-12-15(23)19-13-21-17(4,5)6;2*1-15(2,3)18-8-11-21-10-7-17-14(20)13-22-12-9-19-16(4,5)6;1-15(2,3)10-8-12-19-11-7-9-14(18)13-17-16(4,5)6;1-12(2,3)15-7-8-18-9-11(17)14-10-16-13(4,5)6;1-12(2,3)15-8-10-17-9-7-14-11-16-13(4,5)6;1-11(2,3)13-7-9-15-10-8-14-12(4,5)6/h20-21H,7-13H2,1-6H3,(H,18,22)(H,19,23);2*18-19H,7-13H2,1-6H3,(H,17,20);17H,7-13H2,1-6H3;15-16H,7-10H2,1-6H3,(H,14,17);14-16H,7-11H2,1-6H3;13-14H,7-10H2,1-6H3. The van der Waals surface area contributed by atoms with E-state index in [0.29, 0.717) is 117 Å². The first-order valence-electron chi connectivity index (χ1n) is 50.9. The highest BCUT2D eigenvalue weighted by molar-refractivity contribution is 5.80. The van der Waals surface area contributed by atoms with Gasteiger partial charge < -0.3 is 132 Å². The quantitative estimate of drug-likeness (QED) is 0.0199. The Morgan fingerprint density at radius 1 is 0.181 bits per heavy atom. The van der Waals surface area contributed by atoms with Crippen molar-refractivity contribution in [1.82, 2.24) is 101 Å². The summed E-state index contributed by atoms with van der Waals surface area (Å²) in [7, 11) is 0. The molecule has 5 amide bonds. The highest BCUT2D eigenvalue weighted by Gasteiger charge is 2.19. The lowest BCUT2D eigenvalue weighted by atomic mass is 9.91. The maximum absolute atomic E-state index is 11.6. The van der Waals surface area contributed by atoms with E-state index in [1.54, 1.807) is 0 Å². The minimum Gasteiger partial charge on any atom is -0.381 e. The summed E-state index contributed by atoms with van der Waals surface area (Å²) in [4.78, 5) is 69.0. The van der Waals surface area contributed by atoms with Gasteiger partial charge in [0.25, 0.3) is 0 Å². The van der Waals surface area contributed by atoms with Crippen molar-refractivity contribution in [3.63, 3.8) is 0 Å². The summed E-state index contributed by atoms with van der Waals surface area (Å²) in [6.45, 7) is 110. The smallest absolute Gasteiger partial charge is 0.246 e. The van der Waals surface area contributed by atoms with Crippen LogP contribution in [0.25, 0.3) is 0 Å². The number of ether oxygens (including phenoxy) is 10. The molecular formula is C103H227N19O16. The van der Waals surface area contributed by atoms with Gasteiger partial charge in [0.2, 0.25) is 29.5 Å². The third kappa shape index (κ3) is 160. The lowest BCUT2D eigenvalue weighted by Crippen LogP contribution is -2.45. The summed E-state index contributed by atoms with van der Waals surface area (Å²) in [6.07, 6.45) is 3.73. The van der Waals surface area contributed by atoms with E-state index >= 15 is 0 Å². The van der Waals surface area contributed by atoms with Crippen LogP contribution in [0.4, 0.5) is 0 Å². The molecule has 0 atom stereocenters. The Hall–Kier alpha value is -3.94. The predicted octanol–water partition coefficient (Wildman–Crippen LogP) is 9.33. The van der Waals surface area contributed by atoms with Gasteiger partial charge in [0, 0.05) is 183 Å². The summed E-state index contributed by atoms with van der Waals surface area (Å²) in [5.74, 6) is -0.425. The molecule has 0 fully saturated rings. The molecule has 0 spiro atoms. The minimum atomic E-state index is -0.197. The molecule has 35 nitrogen and oxygen atoms in total. The third-order valence-electron chi connectivity index (χ3n) is 16.7. The molecule has 0 aliphatic rings. The summed E-state index contributed by atoms with van der Waals surface area (Å²) < 4.78 is 53.8. The van der Waals surface area contributed by atoms with E-state index in [-0.39, 0.29) is 147 Å². The second kappa shape index (κ2) is 82.2. The Labute approximate surface area is 846 Å². The van der Waals surface area contributed by atoms with Gasteiger partial charge in [0.1, 0.15) is 38.8 Å². The van der Waals surface area contributed by atoms with Gasteiger partial charge in [-0.25, -0.2) is 0 Å². The molecule has 0 rings (SSSR count). The second-order valence-corrected chi connectivity index (χ2v) is 48.9. The first-order valence-corrected chi connectivity index (χ1v) is 50.9. The van der Waals surface area contributed by atoms with E-state index in [2.05, 4.69) is 350 Å². The number of hydrogen-bond donors (Lipinski definition) is 19. The van der Waals surface area contributed by atoms with Crippen molar-refractivity contribution in [2.45, 2.75) is 388 Å². The van der Waals surface area contributed by atoms with Crippen LogP contribution in [-0.4, -0.2) is 351 Å². The minimum absolute atomic E-state index is 0.00473. The molecule has 0 aliphatic carbocycles. The number of ketones is 1. The van der Waals surface area contributed by atoms with Crippen LogP contribution in [0.3, 0.4) is 0 Å². The normalized spacial score (nSPS) is 12.6. The van der Waals surface area contributed by atoms with Crippen LogP contribution < -0.4 is 101 Å². The number of Topliss-reactive ketones (excluding diaryl/α,β-unsaturated/α-hetero) is 1. The maximum atomic E-state index is 11.6. The van der Waals surface area contributed by atoms with Gasteiger partial charge >= 0.3 is 0 Å². The van der Waals surface area contributed by atoms with Crippen molar-refractivity contribution < 1.29 is 76.1 Å². The monoisotopic (exact) mass is 1990 g/mol. The topological polar surface area (TPSA) is 423 Å². The molecule has 0 aromatic carbocycles. The van der Waals surface area contributed by atoms with E-state index in [1.807, 2.05) is 41.5 Å². The van der Waals surface area contributed by atoms with Gasteiger partial charge in [0.05, 0.1) is 106 Å². The lowest BCUT2D eigenvalue weighted by molar-refractivity contribution is -0.127. The fourth-order valence-electron chi connectivity index (χ4n) is 9.77. The lowest BCUT2D eigenvalue weighted by Gasteiger charge is -2.21. The zero-order valence-corrected chi connectivity index (χ0v) is 97.0. The molecule has 0 aromatic heterocycles. The molecular weight excluding hydrogens is 1760 g/mol. The first kappa shape index (κ1) is 147. The Bertz CT molecular complexity index is 2770. The van der Waals surface area contributed by atoms with Crippen molar-refractivity contribution in [2.24, 2.45) is 5.41 Å². The second-order valence-electron chi connectivity index (χ2n) is 48.9. The first-order chi connectivity index (χ1) is 62.8.